The third-order valence-corrected chi connectivity index (χ3v) is 4.74. The fourth-order valence-corrected chi connectivity index (χ4v) is 3.35. The van der Waals surface area contributed by atoms with Crippen molar-refractivity contribution in [2.24, 2.45) is 0 Å². The fourth-order valence-electron chi connectivity index (χ4n) is 3.35. The first-order valence-electron chi connectivity index (χ1n) is 8.30. The number of hydrogen-bond donors (Lipinski definition) is 1. The SMILES string of the molecule is COC(=O)[C@@H]1Cc2c(ccc(OC)c2O)CN1c1nc2ccc(F)cc2o1. The van der Waals surface area contributed by atoms with E-state index >= 15 is 0 Å². The van der Waals surface area contributed by atoms with Crippen LogP contribution in [0.3, 0.4) is 0 Å². The summed E-state index contributed by atoms with van der Waals surface area (Å²) in [6, 6.07) is 6.96. The molecule has 140 valence electrons. The van der Waals surface area contributed by atoms with Gasteiger partial charge in [0.05, 0.1) is 14.2 Å². The Morgan fingerprint density at radius 3 is 2.89 bits per heavy atom. The van der Waals surface area contributed by atoms with Crippen LogP contribution in [0.1, 0.15) is 11.1 Å². The van der Waals surface area contributed by atoms with Crippen molar-refractivity contribution in [3.63, 3.8) is 0 Å². The van der Waals surface area contributed by atoms with E-state index in [1.54, 1.807) is 11.0 Å². The standard InChI is InChI=1S/C19H17FN2O5/c1-25-15-6-3-10-9-22(14(18(24)26-2)8-12(10)17(15)23)19-21-13-5-4-11(20)7-16(13)27-19/h3-7,14,23H,8-9H2,1-2H3/t14-/m0/s1. The second-order valence-corrected chi connectivity index (χ2v) is 6.23. The summed E-state index contributed by atoms with van der Waals surface area (Å²) < 4.78 is 29.2. The van der Waals surface area contributed by atoms with Gasteiger partial charge >= 0.3 is 5.97 Å². The highest BCUT2D eigenvalue weighted by Crippen LogP contribution is 2.39. The Morgan fingerprint density at radius 2 is 2.15 bits per heavy atom. The van der Waals surface area contributed by atoms with Gasteiger partial charge in [0.15, 0.2) is 17.1 Å². The summed E-state index contributed by atoms with van der Waals surface area (Å²) in [4.78, 5) is 18.4. The molecule has 7 nitrogen and oxygen atoms in total. The molecule has 1 aromatic heterocycles. The first-order chi connectivity index (χ1) is 13.0. The number of phenols is 1. The number of carbonyl (C=O) groups excluding carboxylic acids is 1. The van der Waals surface area contributed by atoms with Crippen molar-refractivity contribution in [1.82, 2.24) is 4.98 Å². The Kier molecular flexibility index (Phi) is 4.10. The molecule has 0 saturated carbocycles. The van der Waals surface area contributed by atoms with Gasteiger partial charge in [-0.3, -0.25) is 0 Å². The van der Waals surface area contributed by atoms with Crippen LogP contribution in [0.25, 0.3) is 11.1 Å². The van der Waals surface area contributed by atoms with Gasteiger partial charge < -0.3 is 23.9 Å². The number of methoxy groups -OCH3 is 2. The summed E-state index contributed by atoms with van der Waals surface area (Å²) in [6.07, 6.45) is 0.193. The predicted octanol–water partition coefficient (Wildman–Crippen LogP) is 2.79. The first-order valence-corrected chi connectivity index (χ1v) is 8.30. The molecule has 27 heavy (non-hydrogen) atoms. The second kappa shape index (κ2) is 6.46. The molecule has 2 aromatic carbocycles. The number of aromatic hydroxyl groups is 1. The Hall–Kier alpha value is -3.29. The van der Waals surface area contributed by atoms with Gasteiger partial charge in [0.2, 0.25) is 0 Å². The lowest BCUT2D eigenvalue weighted by atomic mass is 9.93. The number of nitrogens with zero attached hydrogens (tertiary/aromatic N) is 2. The minimum Gasteiger partial charge on any atom is -0.504 e. The van der Waals surface area contributed by atoms with Crippen LogP contribution in [-0.4, -0.2) is 36.3 Å². The van der Waals surface area contributed by atoms with E-state index < -0.39 is 17.8 Å². The van der Waals surface area contributed by atoms with Crippen LogP contribution in [0.5, 0.6) is 11.5 Å². The molecule has 0 saturated heterocycles. The van der Waals surface area contributed by atoms with Gasteiger partial charge in [-0.1, -0.05) is 6.07 Å². The van der Waals surface area contributed by atoms with Gasteiger partial charge in [0.1, 0.15) is 17.4 Å². The number of halogens is 1. The van der Waals surface area contributed by atoms with Gasteiger partial charge in [0, 0.05) is 24.6 Å². The molecular formula is C19H17FN2O5. The van der Waals surface area contributed by atoms with E-state index in [0.29, 0.717) is 16.8 Å². The number of anilines is 1. The van der Waals surface area contributed by atoms with Gasteiger partial charge in [-0.25, -0.2) is 9.18 Å². The summed E-state index contributed by atoms with van der Waals surface area (Å²) in [7, 11) is 2.76. The molecule has 3 aromatic rings. The Bertz CT molecular complexity index is 1030. The van der Waals surface area contributed by atoms with Gasteiger partial charge in [-0.2, -0.15) is 4.98 Å². The highest BCUT2D eigenvalue weighted by atomic mass is 19.1. The van der Waals surface area contributed by atoms with E-state index in [-0.39, 0.29) is 30.3 Å². The molecule has 1 aliphatic heterocycles. The Morgan fingerprint density at radius 1 is 1.33 bits per heavy atom. The highest BCUT2D eigenvalue weighted by molar-refractivity contribution is 5.82. The fraction of sp³-hybridized carbons (Fsp3) is 0.263. The molecule has 0 spiro atoms. The monoisotopic (exact) mass is 372 g/mol. The van der Waals surface area contributed by atoms with E-state index in [9.17, 15) is 14.3 Å². The van der Waals surface area contributed by atoms with Crippen molar-refractivity contribution in [1.29, 1.82) is 0 Å². The quantitative estimate of drug-likeness (QED) is 0.708. The molecule has 2 heterocycles. The number of hydrogen-bond acceptors (Lipinski definition) is 7. The number of rotatable bonds is 3. The number of aromatic nitrogens is 1. The summed E-state index contributed by atoms with van der Waals surface area (Å²) in [5, 5.41) is 10.4. The number of ether oxygens (including phenoxy) is 2. The molecule has 0 unspecified atom stereocenters. The number of fused-ring (bicyclic) bond motifs is 2. The van der Waals surface area contributed by atoms with E-state index in [0.717, 1.165) is 5.56 Å². The first kappa shape index (κ1) is 17.1. The third kappa shape index (κ3) is 2.83. The van der Waals surface area contributed by atoms with Crippen LogP contribution in [0, 0.1) is 5.82 Å². The zero-order valence-electron chi connectivity index (χ0n) is 14.7. The predicted molar refractivity (Wildman–Crippen MR) is 94.3 cm³/mol. The number of benzene rings is 2. The molecule has 0 fully saturated rings. The average Bonchev–Trinajstić information content (AvgIpc) is 3.10. The van der Waals surface area contributed by atoms with Crippen LogP contribution in [0.15, 0.2) is 34.7 Å². The van der Waals surface area contributed by atoms with Crippen molar-refractivity contribution in [2.75, 3.05) is 19.1 Å². The van der Waals surface area contributed by atoms with E-state index in [4.69, 9.17) is 13.9 Å². The molecule has 8 heteroatoms. The lowest BCUT2D eigenvalue weighted by molar-refractivity contribution is -0.142. The number of phenolic OH excluding ortho intramolecular Hbond substituents is 1. The van der Waals surface area contributed by atoms with E-state index in [2.05, 4.69) is 4.98 Å². The molecule has 0 bridgehead atoms. The molecule has 0 radical (unpaired) electrons. The number of esters is 1. The van der Waals surface area contributed by atoms with Crippen LogP contribution in [-0.2, 0) is 22.5 Å². The van der Waals surface area contributed by atoms with Crippen LogP contribution < -0.4 is 9.64 Å². The van der Waals surface area contributed by atoms with Crippen LogP contribution in [0.2, 0.25) is 0 Å². The van der Waals surface area contributed by atoms with Crippen molar-refractivity contribution < 1.29 is 28.2 Å². The largest absolute Gasteiger partial charge is 0.504 e. The molecule has 4 rings (SSSR count). The second-order valence-electron chi connectivity index (χ2n) is 6.23. The van der Waals surface area contributed by atoms with Crippen molar-refractivity contribution in [3.05, 3.63) is 47.3 Å². The van der Waals surface area contributed by atoms with E-state index in [1.807, 2.05) is 6.07 Å². The Balaban J connectivity index is 1.80. The molecule has 1 aliphatic rings. The van der Waals surface area contributed by atoms with Crippen LogP contribution in [0.4, 0.5) is 10.4 Å². The normalized spacial score (nSPS) is 16.3. The maximum atomic E-state index is 13.4. The van der Waals surface area contributed by atoms with Gasteiger partial charge in [0.25, 0.3) is 6.01 Å². The maximum absolute atomic E-state index is 13.4. The lowest BCUT2D eigenvalue weighted by Crippen LogP contribution is -2.46. The highest BCUT2D eigenvalue weighted by Gasteiger charge is 2.37. The lowest BCUT2D eigenvalue weighted by Gasteiger charge is -2.34. The van der Waals surface area contributed by atoms with Crippen molar-refractivity contribution in [2.45, 2.75) is 19.0 Å². The summed E-state index contributed by atoms with van der Waals surface area (Å²) in [6.45, 7) is 0.266. The Labute approximate surface area is 153 Å². The summed E-state index contributed by atoms with van der Waals surface area (Å²) in [5.74, 6) is -0.585. The van der Waals surface area contributed by atoms with Crippen molar-refractivity contribution >= 4 is 23.1 Å². The smallest absolute Gasteiger partial charge is 0.329 e. The molecule has 1 atom stereocenters. The zero-order chi connectivity index (χ0) is 19.1. The van der Waals surface area contributed by atoms with Crippen molar-refractivity contribution in [3.8, 4) is 11.5 Å². The number of carbonyl (C=O) groups is 1. The number of oxazole rings is 1. The molecular weight excluding hydrogens is 355 g/mol. The van der Waals surface area contributed by atoms with Gasteiger partial charge in [-0.15, -0.1) is 0 Å². The summed E-state index contributed by atoms with van der Waals surface area (Å²) in [5.41, 5.74) is 2.19. The molecule has 0 amide bonds. The topological polar surface area (TPSA) is 85.0 Å². The molecule has 0 aliphatic carbocycles. The summed E-state index contributed by atoms with van der Waals surface area (Å²) >= 11 is 0. The minimum atomic E-state index is -0.751. The average molecular weight is 372 g/mol. The van der Waals surface area contributed by atoms with E-state index in [1.165, 1.54) is 32.4 Å². The van der Waals surface area contributed by atoms with Gasteiger partial charge in [-0.05, 0) is 23.8 Å². The van der Waals surface area contributed by atoms with Crippen LogP contribution >= 0.6 is 0 Å². The zero-order valence-corrected chi connectivity index (χ0v) is 14.7. The molecule has 1 N–H and O–H groups in total. The minimum absolute atomic E-state index is 0.00295. The third-order valence-electron chi connectivity index (χ3n) is 4.74. The maximum Gasteiger partial charge on any atom is 0.329 e.